The molecule has 7 nitrogen and oxygen atoms in total. The van der Waals surface area contributed by atoms with Gasteiger partial charge in [-0.1, -0.05) is 12.1 Å². The average molecular weight is 251 g/mol. The average Bonchev–Trinajstić information content (AvgIpc) is 2.34. The van der Waals surface area contributed by atoms with Crippen LogP contribution < -0.4 is 0 Å². The number of ether oxygens (including phenoxy) is 1. The molecule has 0 aromatic heterocycles. The lowest BCUT2D eigenvalue weighted by Gasteiger charge is -2.02. The van der Waals surface area contributed by atoms with E-state index >= 15 is 0 Å². The van der Waals surface area contributed by atoms with Gasteiger partial charge in [0.1, 0.15) is 6.61 Å². The highest BCUT2D eigenvalue weighted by Gasteiger charge is 2.13. The number of nitro benzene ring substituents is 1. The van der Waals surface area contributed by atoms with E-state index in [1.807, 2.05) is 0 Å². The van der Waals surface area contributed by atoms with Gasteiger partial charge in [0.05, 0.1) is 10.5 Å². The third kappa shape index (κ3) is 4.05. The molecule has 0 saturated heterocycles. The van der Waals surface area contributed by atoms with E-state index in [0.29, 0.717) is 6.08 Å². The van der Waals surface area contributed by atoms with Crippen molar-refractivity contribution in [3.63, 3.8) is 0 Å². The number of benzene rings is 1. The van der Waals surface area contributed by atoms with Gasteiger partial charge in [0.15, 0.2) is 0 Å². The Morgan fingerprint density at radius 1 is 1.33 bits per heavy atom. The molecular formula is C11H9NO6. The summed E-state index contributed by atoms with van der Waals surface area (Å²) < 4.78 is 4.68. The molecule has 1 rings (SSSR count). The Kier molecular flexibility index (Phi) is 4.56. The van der Waals surface area contributed by atoms with Crippen molar-refractivity contribution in [2.45, 2.75) is 6.61 Å². The molecule has 0 spiro atoms. The number of carboxylic acids is 1. The standard InChI is InChI=1S/C11H9NO6/c13-10(14)5-6-11(15)18-7-8-3-1-2-4-9(8)12(16)17/h1-6H,7H2,(H,13,14)/b6-5+. The summed E-state index contributed by atoms with van der Waals surface area (Å²) >= 11 is 0. The summed E-state index contributed by atoms with van der Waals surface area (Å²) in [6.45, 7) is -0.292. The minimum atomic E-state index is -1.28. The zero-order valence-corrected chi connectivity index (χ0v) is 9.11. The second-order valence-corrected chi connectivity index (χ2v) is 3.17. The first-order chi connectivity index (χ1) is 8.50. The highest BCUT2D eigenvalue weighted by atomic mass is 16.6. The van der Waals surface area contributed by atoms with Crippen LogP contribution in [0.2, 0.25) is 0 Å². The van der Waals surface area contributed by atoms with Crippen molar-refractivity contribution in [3.05, 3.63) is 52.1 Å². The summed E-state index contributed by atoms with van der Waals surface area (Å²) in [7, 11) is 0. The van der Waals surface area contributed by atoms with E-state index in [1.165, 1.54) is 18.2 Å². The van der Waals surface area contributed by atoms with Gasteiger partial charge in [-0.3, -0.25) is 10.1 Å². The highest BCUT2D eigenvalue weighted by Crippen LogP contribution is 2.18. The van der Waals surface area contributed by atoms with Crippen molar-refractivity contribution in [1.29, 1.82) is 0 Å². The van der Waals surface area contributed by atoms with Gasteiger partial charge in [0.25, 0.3) is 5.69 Å². The molecule has 0 aliphatic rings. The molecule has 0 heterocycles. The number of para-hydroxylation sites is 1. The summed E-state index contributed by atoms with van der Waals surface area (Å²) in [6.07, 6.45) is 1.36. The van der Waals surface area contributed by atoms with Crippen molar-refractivity contribution in [1.82, 2.24) is 0 Å². The van der Waals surface area contributed by atoms with Gasteiger partial charge in [-0.2, -0.15) is 0 Å². The van der Waals surface area contributed by atoms with Crippen LogP contribution in [-0.2, 0) is 20.9 Å². The van der Waals surface area contributed by atoms with Crippen LogP contribution in [0.3, 0.4) is 0 Å². The third-order valence-corrected chi connectivity index (χ3v) is 1.92. The van der Waals surface area contributed by atoms with Gasteiger partial charge in [0, 0.05) is 18.2 Å². The lowest BCUT2D eigenvalue weighted by molar-refractivity contribution is -0.385. The number of esters is 1. The summed E-state index contributed by atoms with van der Waals surface area (Å²) in [5.41, 5.74) is 0.0760. The smallest absolute Gasteiger partial charge is 0.331 e. The summed E-state index contributed by atoms with van der Waals surface area (Å²) in [6, 6.07) is 5.81. The van der Waals surface area contributed by atoms with Crippen LogP contribution in [0, 0.1) is 10.1 Å². The van der Waals surface area contributed by atoms with Gasteiger partial charge >= 0.3 is 11.9 Å². The van der Waals surface area contributed by atoms with Crippen molar-refractivity contribution in [3.8, 4) is 0 Å². The fourth-order valence-corrected chi connectivity index (χ4v) is 1.15. The Morgan fingerprint density at radius 2 is 2.00 bits per heavy atom. The van der Waals surface area contributed by atoms with E-state index in [1.54, 1.807) is 6.07 Å². The number of carbonyl (C=O) groups excluding carboxylic acids is 1. The second-order valence-electron chi connectivity index (χ2n) is 3.17. The zero-order chi connectivity index (χ0) is 13.5. The molecule has 0 saturated carbocycles. The molecular weight excluding hydrogens is 242 g/mol. The maximum atomic E-state index is 11.1. The van der Waals surface area contributed by atoms with Crippen LogP contribution in [0.5, 0.6) is 0 Å². The fraction of sp³-hybridized carbons (Fsp3) is 0.0909. The normalized spacial score (nSPS) is 10.2. The fourth-order valence-electron chi connectivity index (χ4n) is 1.15. The maximum Gasteiger partial charge on any atom is 0.331 e. The molecule has 1 N–H and O–H groups in total. The SMILES string of the molecule is O=C(O)/C=C/C(=O)OCc1ccccc1[N+](=O)[O-]. The van der Waals surface area contributed by atoms with Crippen molar-refractivity contribution >= 4 is 17.6 Å². The van der Waals surface area contributed by atoms with Crippen LogP contribution in [0.25, 0.3) is 0 Å². The topological polar surface area (TPSA) is 107 Å². The Bertz CT molecular complexity index is 508. The number of aliphatic carboxylic acids is 1. The van der Waals surface area contributed by atoms with Crippen LogP contribution in [-0.4, -0.2) is 22.0 Å². The van der Waals surface area contributed by atoms with Crippen molar-refractivity contribution < 1.29 is 24.4 Å². The summed E-state index contributed by atoms with van der Waals surface area (Å²) in [5, 5.41) is 18.9. The first-order valence-electron chi connectivity index (χ1n) is 4.80. The lowest BCUT2D eigenvalue weighted by atomic mass is 10.2. The van der Waals surface area contributed by atoms with E-state index in [0.717, 1.165) is 6.08 Å². The minimum absolute atomic E-state index is 0.160. The number of rotatable bonds is 5. The molecule has 18 heavy (non-hydrogen) atoms. The Hall–Kier alpha value is -2.70. The monoisotopic (exact) mass is 251 g/mol. The van der Waals surface area contributed by atoms with Gasteiger partial charge in [0.2, 0.25) is 0 Å². The summed E-state index contributed by atoms with van der Waals surface area (Å²) in [5.74, 6) is -2.16. The van der Waals surface area contributed by atoms with Crippen molar-refractivity contribution in [2.24, 2.45) is 0 Å². The van der Waals surface area contributed by atoms with Crippen LogP contribution in [0.4, 0.5) is 5.69 Å². The molecule has 94 valence electrons. The molecule has 0 radical (unpaired) electrons. The molecule has 0 unspecified atom stereocenters. The molecule has 0 atom stereocenters. The first-order valence-corrected chi connectivity index (χ1v) is 4.80. The predicted octanol–water partition coefficient (Wildman–Crippen LogP) is 1.28. The van der Waals surface area contributed by atoms with E-state index < -0.39 is 16.9 Å². The molecule has 0 aliphatic carbocycles. The molecule has 1 aromatic carbocycles. The molecule has 0 fully saturated rings. The number of nitro groups is 1. The first kappa shape index (κ1) is 13.4. The number of hydrogen-bond acceptors (Lipinski definition) is 5. The second kappa shape index (κ2) is 6.14. The highest BCUT2D eigenvalue weighted by molar-refractivity contribution is 5.90. The Morgan fingerprint density at radius 3 is 2.61 bits per heavy atom. The molecule has 0 amide bonds. The van der Waals surface area contributed by atoms with Gasteiger partial charge < -0.3 is 9.84 Å². The van der Waals surface area contributed by atoms with Crippen LogP contribution in [0.1, 0.15) is 5.56 Å². The van der Waals surface area contributed by atoms with Crippen LogP contribution >= 0.6 is 0 Å². The van der Waals surface area contributed by atoms with Gasteiger partial charge in [-0.25, -0.2) is 9.59 Å². The largest absolute Gasteiger partial charge is 0.478 e. The lowest BCUT2D eigenvalue weighted by Crippen LogP contribution is -2.04. The molecule has 0 aliphatic heterocycles. The number of nitrogens with zero attached hydrogens (tertiary/aromatic N) is 1. The van der Waals surface area contributed by atoms with Crippen LogP contribution in [0.15, 0.2) is 36.4 Å². The number of carboxylic acid groups (broad SMARTS) is 1. The van der Waals surface area contributed by atoms with Gasteiger partial charge in [-0.05, 0) is 6.07 Å². The number of carbonyl (C=O) groups is 2. The number of hydrogen-bond donors (Lipinski definition) is 1. The Balaban J connectivity index is 2.67. The minimum Gasteiger partial charge on any atom is -0.478 e. The predicted molar refractivity (Wildman–Crippen MR) is 59.7 cm³/mol. The Labute approximate surface area is 101 Å². The molecule has 1 aromatic rings. The van der Waals surface area contributed by atoms with Crippen molar-refractivity contribution in [2.75, 3.05) is 0 Å². The molecule has 0 bridgehead atoms. The molecule has 7 heteroatoms. The maximum absolute atomic E-state index is 11.1. The van der Waals surface area contributed by atoms with E-state index in [2.05, 4.69) is 4.74 Å². The quantitative estimate of drug-likeness (QED) is 0.365. The third-order valence-electron chi connectivity index (χ3n) is 1.92. The summed E-state index contributed by atoms with van der Waals surface area (Å²) in [4.78, 5) is 31.3. The zero-order valence-electron chi connectivity index (χ0n) is 9.11. The van der Waals surface area contributed by atoms with E-state index in [4.69, 9.17) is 5.11 Å². The van der Waals surface area contributed by atoms with E-state index in [9.17, 15) is 19.7 Å². The van der Waals surface area contributed by atoms with E-state index in [-0.39, 0.29) is 17.9 Å². The van der Waals surface area contributed by atoms with Gasteiger partial charge in [-0.15, -0.1) is 0 Å².